The van der Waals surface area contributed by atoms with E-state index in [4.69, 9.17) is 21.4 Å². The van der Waals surface area contributed by atoms with Gasteiger partial charge >= 0.3 is 0 Å². The standard InChI is InChI=1S/C20H23N5O.C18H19N7/c1-3-25(12(2)26)11-17-23-18-15-9-8-14(13-6-4-5-7-13)10-16(15)22-20(21)19(18)24-17;1-3-25(4-2)10-15-22-16-12-6-5-11(13-7-8-20-24-13)9-14(12)21-18(19)17(16)23-15/h6,8-10H,3-5,7,11H2,1-2H3,(H2,21,22)(H,23,24);3,5-9H,1,4,10H2,2H3,(H2,19,21)(H,20,24)(H,22,23). The van der Waals surface area contributed by atoms with Crippen molar-refractivity contribution in [1.82, 2.24) is 49.9 Å². The van der Waals surface area contributed by atoms with Crippen LogP contribution in [0.25, 0.3) is 60.7 Å². The van der Waals surface area contributed by atoms with Crippen LogP contribution in [0, 0.1) is 0 Å². The van der Waals surface area contributed by atoms with Gasteiger partial charge in [0.05, 0.1) is 29.8 Å². The molecule has 260 valence electrons. The third kappa shape index (κ3) is 6.57. The van der Waals surface area contributed by atoms with Crippen LogP contribution in [0.3, 0.4) is 0 Å². The number of anilines is 2. The van der Waals surface area contributed by atoms with Crippen molar-refractivity contribution in [2.24, 2.45) is 0 Å². The highest BCUT2D eigenvalue weighted by Crippen LogP contribution is 2.33. The Morgan fingerprint density at radius 2 is 1.49 bits per heavy atom. The second-order valence-corrected chi connectivity index (χ2v) is 12.6. The molecular weight excluding hydrogens is 641 g/mol. The van der Waals surface area contributed by atoms with Crippen LogP contribution in [0.15, 0.2) is 67.5 Å². The average molecular weight is 683 g/mol. The second-order valence-electron chi connectivity index (χ2n) is 12.6. The molecule has 0 spiro atoms. The molecular formula is C38H42N12O. The lowest BCUT2D eigenvalue weighted by molar-refractivity contribution is -0.129. The maximum Gasteiger partial charge on any atom is 0.219 e. The normalized spacial score (nSPS) is 12.7. The first-order chi connectivity index (χ1) is 24.8. The zero-order valence-corrected chi connectivity index (χ0v) is 29.1. The Morgan fingerprint density at radius 1 is 0.863 bits per heavy atom. The summed E-state index contributed by atoms with van der Waals surface area (Å²) in [7, 11) is 0. The zero-order valence-electron chi connectivity index (χ0n) is 29.1. The van der Waals surface area contributed by atoms with E-state index in [9.17, 15) is 4.79 Å². The third-order valence-corrected chi connectivity index (χ3v) is 9.41. The number of hydrogen-bond acceptors (Lipinski definition) is 9. The number of carbonyl (C=O) groups is 1. The second kappa shape index (κ2) is 13.9. The number of nitrogens with one attached hydrogen (secondary N) is 3. The minimum absolute atomic E-state index is 0.0263. The first-order valence-corrected chi connectivity index (χ1v) is 17.2. The Balaban J connectivity index is 0.000000159. The lowest BCUT2D eigenvalue weighted by Gasteiger charge is -2.16. The Bertz CT molecular complexity index is 2420. The molecule has 0 unspecified atom stereocenters. The van der Waals surface area contributed by atoms with Gasteiger partial charge in [0.15, 0.2) is 0 Å². The van der Waals surface area contributed by atoms with Crippen molar-refractivity contribution < 1.29 is 4.79 Å². The molecule has 5 heterocycles. The molecule has 13 heteroatoms. The highest BCUT2D eigenvalue weighted by molar-refractivity contribution is 6.08. The van der Waals surface area contributed by atoms with E-state index in [0.717, 1.165) is 86.2 Å². The summed E-state index contributed by atoms with van der Waals surface area (Å²) in [5, 5.41) is 8.90. The van der Waals surface area contributed by atoms with Gasteiger partial charge in [0.1, 0.15) is 45.4 Å². The average Bonchev–Trinajstić information content (AvgIpc) is 3.97. The number of amides is 1. The van der Waals surface area contributed by atoms with Crippen LogP contribution in [0.2, 0.25) is 0 Å². The highest BCUT2D eigenvalue weighted by atomic mass is 16.2. The van der Waals surface area contributed by atoms with Crippen LogP contribution >= 0.6 is 0 Å². The van der Waals surface area contributed by atoms with E-state index >= 15 is 0 Å². The number of fused-ring (bicyclic) bond motifs is 6. The molecule has 8 rings (SSSR count). The molecule has 0 radical (unpaired) electrons. The topological polar surface area (TPSA) is 187 Å². The van der Waals surface area contributed by atoms with Crippen molar-refractivity contribution in [3.05, 3.63) is 84.7 Å². The molecule has 7 N–H and O–H groups in total. The molecule has 13 nitrogen and oxygen atoms in total. The molecule has 0 aliphatic heterocycles. The summed E-state index contributed by atoms with van der Waals surface area (Å²) >= 11 is 0. The monoisotopic (exact) mass is 682 g/mol. The number of H-pyrrole nitrogens is 3. The Labute approximate surface area is 294 Å². The predicted octanol–water partition coefficient (Wildman–Crippen LogP) is 6.68. The molecule has 7 aromatic rings. The number of nitrogen functional groups attached to an aromatic ring is 2. The molecule has 0 saturated carbocycles. The van der Waals surface area contributed by atoms with Crippen molar-refractivity contribution in [2.45, 2.75) is 53.1 Å². The van der Waals surface area contributed by atoms with E-state index in [0.29, 0.717) is 31.3 Å². The molecule has 1 amide bonds. The number of pyridine rings is 2. The van der Waals surface area contributed by atoms with Gasteiger partial charge < -0.3 is 31.2 Å². The fourth-order valence-corrected chi connectivity index (χ4v) is 6.62. The summed E-state index contributed by atoms with van der Waals surface area (Å²) in [5.74, 6) is 2.48. The molecule has 1 aliphatic rings. The van der Waals surface area contributed by atoms with Crippen LogP contribution in [-0.2, 0) is 17.9 Å². The van der Waals surface area contributed by atoms with Gasteiger partial charge in [-0.3, -0.25) is 9.89 Å². The molecule has 0 atom stereocenters. The summed E-state index contributed by atoms with van der Waals surface area (Å²) < 4.78 is 0. The summed E-state index contributed by atoms with van der Waals surface area (Å²) in [5.41, 5.74) is 21.7. The van der Waals surface area contributed by atoms with Crippen molar-refractivity contribution in [3.63, 3.8) is 0 Å². The number of hydrogen-bond donors (Lipinski definition) is 5. The lowest BCUT2D eigenvalue weighted by Crippen LogP contribution is -2.28. The van der Waals surface area contributed by atoms with Crippen molar-refractivity contribution in [3.8, 4) is 11.3 Å². The van der Waals surface area contributed by atoms with Gasteiger partial charge in [0.2, 0.25) is 5.91 Å². The number of nitrogens with two attached hydrogens (primary N) is 2. The van der Waals surface area contributed by atoms with Gasteiger partial charge in [-0.1, -0.05) is 24.8 Å². The number of carbonyl (C=O) groups excluding carboxylic acids is 1. The molecule has 0 bridgehead atoms. The SMILES string of the molecule is C=CN(CC)Cc1nc2c([nH]1)c(N)nc1cc(-c3ccn[nH]3)ccc12.CCN(Cc1nc2c([nH]1)c(N)nc1cc(C3=CCCC3)ccc12)C(C)=O. The van der Waals surface area contributed by atoms with E-state index in [2.05, 4.69) is 72.8 Å². The van der Waals surface area contributed by atoms with E-state index in [1.165, 1.54) is 17.6 Å². The minimum atomic E-state index is 0.0263. The first kappa shape index (κ1) is 33.3. The zero-order chi connectivity index (χ0) is 35.6. The van der Waals surface area contributed by atoms with Gasteiger partial charge in [-0.05, 0) is 80.8 Å². The van der Waals surface area contributed by atoms with Crippen LogP contribution in [0.4, 0.5) is 11.6 Å². The van der Waals surface area contributed by atoms with Crippen LogP contribution in [-0.4, -0.2) is 68.9 Å². The maximum absolute atomic E-state index is 11.7. The van der Waals surface area contributed by atoms with Crippen LogP contribution in [0.1, 0.15) is 57.2 Å². The van der Waals surface area contributed by atoms with Gasteiger partial charge in [0, 0.05) is 42.5 Å². The molecule has 5 aromatic heterocycles. The van der Waals surface area contributed by atoms with Crippen LogP contribution < -0.4 is 11.5 Å². The minimum Gasteiger partial charge on any atom is -0.382 e. The van der Waals surface area contributed by atoms with Gasteiger partial charge in [-0.2, -0.15) is 5.10 Å². The molecule has 2 aromatic carbocycles. The Kier molecular flexibility index (Phi) is 9.09. The predicted molar refractivity (Wildman–Crippen MR) is 204 cm³/mol. The number of benzene rings is 2. The van der Waals surface area contributed by atoms with E-state index < -0.39 is 0 Å². The first-order valence-electron chi connectivity index (χ1n) is 17.2. The summed E-state index contributed by atoms with van der Waals surface area (Å²) in [4.78, 5) is 40.6. The largest absolute Gasteiger partial charge is 0.382 e. The number of aromatic nitrogens is 8. The number of allylic oxidation sites excluding steroid dienone is 2. The number of imidazole rings is 2. The van der Waals surface area contributed by atoms with Gasteiger partial charge in [-0.25, -0.2) is 19.9 Å². The van der Waals surface area contributed by atoms with E-state index in [1.807, 2.05) is 37.4 Å². The van der Waals surface area contributed by atoms with Crippen molar-refractivity contribution in [2.75, 3.05) is 24.6 Å². The summed E-state index contributed by atoms with van der Waals surface area (Å²) in [6.07, 6.45) is 9.32. The summed E-state index contributed by atoms with van der Waals surface area (Å²) in [6, 6.07) is 14.3. The van der Waals surface area contributed by atoms with Gasteiger partial charge in [0.25, 0.3) is 0 Å². The smallest absolute Gasteiger partial charge is 0.219 e. The fraction of sp³-hybridized carbons (Fsp3) is 0.263. The molecule has 51 heavy (non-hydrogen) atoms. The van der Waals surface area contributed by atoms with Crippen molar-refractivity contribution in [1.29, 1.82) is 0 Å². The van der Waals surface area contributed by atoms with E-state index in [1.54, 1.807) is 18.0 Å². The third-order valence-electron chi connectivity index (χ3n) is 9.41. The maximum atomic E-state index is 11.7. The Morgan fingerprint density at radius 3 is 2.02 bits per heavy atom. The molecule has 0 fully saturated rings. The number of aromatic amines is 3. The summed E-state index contributed by atoms with van der Waals surface area (Å²) in [6.45, 7) is 12.0. The van der Waals surface area contributed by atoms with Gasteiger partial charge in [-0.15, -0.1) is 0 Å². The number of nitrogens with zero attached hydrogens (tertiary/aromatic N) is 7. The molecule has 0 saturated heterocycles. The molecule has 1 aliphatic carbocycles. The Hall–Kier alpha value is -6.24. The highest BCUT2D eigenvalue weighted by Gasteiger charge is 2.17. The van der Waals surface area contributed by atoms with E-state index in [-0.39, 0.29) is 5.91 Å². The number of rotatable bonds is 9. The lowest BCUT2D eigenvalue weighted by atomic mass is 10.0. The fourth-order valence-electron chi connectivity index (χ4n) is 6.62. The quantitative estimate of drug-likeness (QED) is 0.111. The van der Waals surface area contributed by atoms with Crippen LogP contribution in [0.5, 0.6) is 0 Å². The van der Waals surface area contributed by atoms with Crippen molar-refractivity contribution >= 4 is 67.0 Å².